The maximum atomic E-state index is 15.4. The fraction of sp³-hybridized carbons (Fsp3) is 0.333. The number of rotatable bonds is 7. The summed E-state index contributed by atoms with van der Waals surface area (Å²) in [5.41, 5.74) is -3.28. The summed E-state index contributed by atoms with van der Waals surface area (Å²) < 4.78 is 91.2. The van der Waals surface area contributed by atoms with Gasteiger partial charge in [-0.2, -0.15) is 26.3 Å². The van der Waals surface area contributed by atoms with Gasteiger partial charge in [0.2, 0.25) is 0 Å². The number of aryl methyl sites for hydroxylation is 3. The van der Waals surface area contributed by atoms with Gasteiger partial charge in [-0.1, -0.05) is 24.7 Å². The van der Waals surface area contributed by atoms with Crippen LogP contribution in [0, 0.1) is 13.8 Å². The molecule has 0 radical (unpaired) electrons. The van der Waals surface area contributed by atoms with Gasteiger partial charge in [0.15, 0.2) is 5.06 Å². The summed E-state index contributed by atoms with van der Waals surface area (Å²) in [6, 6.07) is 9.36. The van der Waals surface area contributed by atoms with Gasteiger partial charge in [-0.05, 0) is 74.2 Å². The first-order chi connectivity index (χ1) is 17.8. The predicted octanol–water partition coefficient (Wildman–Crippen LogP) is 10.8. The van der Waals surface area contributed by atoms with Crippen LogP contribution in [0.4, 0.5) is 26.3 Å². The highest BCUT2D eigenvalue weighted by atomic mass is 32.1. The smallest absolute Gasteiger partial charge is 0.380 e. The van der Waals surface area contributed by atoms with Gasteiger partial charge in [0.05, 0.1) is 0 Å². The molecule has 0 unspecified atom stereocenters. The van der Waals surface area contributed by atoms with E-state index in [-0.39, 0.29) is 25.9 Å². The molecule has 0 bridgehead atoms. The van der Waals surface area contributed by atoms with E-state index in [0.29, 0.717) is 14.6 Å². The zero-order valence-corrected chi connectivity index (χ0v) is 23.7. The second-order valence-electron chi connectivity index (χ2n) is 9.14. The highest BCUT2D eigenvalue weighted by molar-refractivity contribution is 7.23. The van der Waals surface area contributed by atoms with Crippen molar-refractivity contribution in [1.29, 1.82) is 0 Å². The first-order valence-electron chi connectivity index (χ1n) is 11.8. The minimum Gasteiger partial charge on any atom is -0.499 e. The molecule has 38 heavy (non-hydrogen) atoms. The van der Waals surface area contributed by atoms with Gasteiger partial charge in [0.1, 0.15) is 0 Å². The van der Waals surface area contributed by atoms with E-state index in [4.69, 9.17) is 0 Å². The molecule has 0 aromatic carbocycles. The highest BCUT2D eigenvalue weighted by Gasteiger charge is 2.80. The van der Waals surface area contributed by atoms with E-state index in [2.05, 4.69) is 6.92 Å². The second kappa shape index (κ2) is 9.53. The van der Waals surface area contributed by atoms with E-state index in [0.717, 1.165) is 63.0 Å². The summed E-state index contributed by atoms with van der Waals surface area (Å²) in [6.45, 7) is 5.01. The van der Waals surface area contributed by atoms with E-state index in [1.54, 1.807) is 6.07 Å². The van der Waals surface area contributed by atoms with Crippen LogP contribution in [0.5, 0.6) is 5.06 Å². The lowest BCUT2D eigenvalue weighted by molar-refractivity contribution is -0.254. The number of hydrogen-bond acceptors (Lipinski definition) is 5. The normalized spacial score (nSPS) is 18.0. The standard InChI is InChI=1S/C27H22F6OS4/c1-4-5-6-15-7-8-18(37-15)20-11-16(13(2)35-20)23-24(26(30,31)27(32,33)25(23,28)29)17-12-21(36-14(17)3)19-9-10-22(34)38-19/h7-12,34H,4-6H2,1-3H3. The van der Waals surface area contributed by atoms with E-state index >= 15 is 17.6 Å². The molecule has 0 amide bonds. The summed E-state index contributed by atoms with van der Waals surface area (Å²) in [5.74, 6) is -15.8. The minimum absolute atomic E-state index is 0.00961. The van der Waals surface area contributed by atoms with Gasteiger partial charge in [0.25, 0.3) is 0 Å². The molecular formula is C27H22F6OS4. The lowest BCUT2D eigenvalue weighted by Gasteiger charge is -2.25. The van der Waals surface area contributed by atoms with Gasteiger partial charge in [-0.15, -0.1) is 34.0 Å². The Bertz CT molecular complexity index is 1530. The quantitative estimate of drug-likeness (QED) is 0.208. The Hall–Kier alpha value is -2.08. The largest absolute Gasteiger partial charge is 0.499 e. The molecule has 0 saturated heterocycles. The van der Waals surface area contributed by atoms with Crippen molar-refractivity contribution >= 4 is 56.5 Å². The number of hydrogen-bond donors (Lipinski definition) is 1. The van der Waals surface area contributed by atoms with E-state index in [1.807, 2.05) is 12.1 Å². The zero-order chi connectivity index (χ0) is 27.6. The van der Waals surface area contributed by atoms with E-state index < -0.39 is 28.9 Å². The van der Waals surface area contributed by atoms with Crippen LogP contribution < -0.4 is 0 Å². The number of unbranched alkanes of at least 4 members (excludes halogenated alkanes) is 1. The zero-order valence-electron chi connectivity index (χ0n) is 20.4. The maximum Gasteiger partial charge on any atom is 0.380 e. The third kappa shape index (κ3) is 4.17. The summed E-state index contributed by atoms with van der Waals surface area (Å²) in [5, 5.41) is 9.67. The van der Waals surface area contributed by atoms with Gasteiger partial charge in [-0.3, -0.25) is 0 Å². The summed E-state index contributed by atoms with van der Waals surface area (Å²) in [7, 11) is 0. The summed E-state index contributed by atoms with van der Waals surface area (Å²) >= 11 is 4.62. The first kappa shape index (κ1) is 27.5. The molecule has 0 fully saturated rings. The van der Waals surface area contributed by atoms with Gasteiger partial charge in [0, 0.05) is 45.3 Å². The molecule has 1 nitrogen and oxygen atoms in total. The Kier molecular flexibility index (Phi) is 6.90. The molecule has 1 aliphatic carbocycles. The van der Waals surface area contributed by atoms with Crippen LogP contribution in [-0.4, -0.2) is 22.9 Å². The number of allylic oxidation sites excluding steroid dienone is 2. The van der Waals surface area contributed by atoms with Crippen molar-refractivity contribution in [3.63, 3.8) is 0 Å². The second-order valence-corrected chi connectivity index (χ2v) is 13.9. The maximum absolute atomic E-state index is 15.4. The SMILES string of the molecule is CCCCc1ccc(-c2cc(C3=C(c4cc(-c5ccc(O)s5)sc4C)C(F)(F)C(F)(F)C3(F)F)c(C)s2)s1. The van der Waals surface area contributed by atoms with Crippen molar-refractivity contribution in [3.8, 4) is 24.6 Å². The van der Waals surface area contributed by atoms with Gasteiger partial charge < -0.3 is 5.11 Å². The fourth-order valence-electron chi connectivity index (χ4n) is 4.59. The molecule has 11 heteroatoms. The van der Waals surface area contributed by atoms with E-state index in [9.17, 15) is 13.9 Å². The first-order valence-corrected chi connectivity index (χ1v) is 15.0. The van der Waals surface area contributed by atoms with Crippen LogP contribution in [0.15, 0.2) is 36.4 Å². The molecule has 1 aliphatic rings. The Morgan fingerprint density at radius 1 is 0.684 bits per heavy atom. The van der Waals surface area contributed by atoms with Crippen LogP contribution >= 0.6 is 45.3 Å². The van der Waals surface area contributed by atoms with Crippen molar-refractivity contribution in [2.24, 2.45) is 0 Å². The molecule has 1 N–H and O–H groups in total. The van der Waals surface area contributed by atoms with Crippen molar-refractivity contribution in [2.75, 3.05) is 0 Å². The molecule has 5 rings (SSSR count). The Morgan fingerprint density at radius 2 is 1.18 bits per heavy atom. The summed E-state index contributed by atoms with van der Waals surface area (Å²) in [6.07, 6.45) is 2.88. The van der Waals surface area contributed by atoms with Crippen molar-refractivity contribution in [2.45, 2.75) is 57.8 Å². The molecule has 4 aromatic heterocycles. The van der Waals surface area contributed by atoms with E-state index in [1.165, 1.54) is 43.4 Å². The minimum atomic E-state index is -5.61. The van der Waals surface area contributed by atoms with Crippen molar-refractivity contribution < 1.29 is 31.4 Å². The van der Waals surface area contributed by atoms with Crippen molar-refractivity contribution in [1.82, 2.24) is 0 Å². The molecule has 0 atom stereocenters. The lowest BCUT2D eigenvalue weighted by atomic mass is 9.95. The monoisotopic (exact) mass is 604 g/mol. The Balaban J connectivity index is 1.70. The average molecular weight is 605 g/mol. The molecule has 0 saturated carbocycles. The third-order valence-corrected chi connectivity index (χ3v) is 11.1. The van der Waals surface area contributed by atoms with Crippen LogP contribution in [0.25, 0.3) is 30.7 Å². The van der Waals surface area contributed by atoms with Crippen LogP contribution in [0.2, 0.25) is 0 Å². The van der Waals surface area contributed by atoms with Crippen LogP contribution in [0.1, 0.15) is 45.5 Å². The predicted molar refractivity (Wildman–Crippen MR) is 147 cm³/mol. The third-order valence-electron chi connectivity index (χ3n) is 6.56. The van der Waals surface area contributed by atoms with Crippen LogP contribution in [-0.2, 0) is 6.42 Å². The average Bonchev–Trinajstić information content (AvgIpc) is 3.64. The molecule has 4 aromatic rings. The molecular weight excluding hydrogens is 583 g/mol. The van der Waals surface area contributed by atoms with Crippen LogP contribution in [0.3, 0.4) is 0 Å². The van der Waals surface area contributed by atoms with Gasteiger partial charge in [-0.25, -0.2) is 0 Å². The molecule has 0 aliphatic heterocycles. The Morgan fingerprint density at radius 3 is 1.66 bits per heavy atom. The number of halogens is 6. The number of alkyl halides is 6. The number of aromatic hydroxyl groups is 1. The molecule has 202 valence electrons. The molecule has 4 heterocycles. The molecule has 0 spiro atoms. The lowest BCUT2D eigenvalue weighted by Crippen LogP contribution is -2.48. The number of thiophene rings is 4. The summed E-state index contributed by atoms with van der Waals surface area (Å²) in [4.78, 5) is 3.88. The topological polar surface area (TPSA) is 20.2 Å². The van der Waals surface area contributed by atoms with Crippen molar-refractivity contribution in [3.05, 3.63) is 62.2 Å². The highest BCUT2D eigenvalue weighted by Crippen LogP contribution is 2.66. The fourth-order valence-corrected chi connectivity index (χ4v) is 8.60. The Labute approximate surface area is 231 Å². The van der Waals surface area contributed by atoms with Gasteiger partial charge >= 0.3 is 17.8 Å².